The molecule has 26 heavy (non-hydrogen) atoms. The van der Waals surface area contributed by atoms with Crippen LogP contribution in [0, 0.1) is 12.8 Å². The van der Waals surface area contributed by atoms with Crippen molar-refractivity contribution < 1.29 is 19.1 Å². The topological polar surface area (TPSA) is 72.5 Å². The third kappa shape index (κ3) is 5.51. The van der Waals surface area contributed by atoms with Gasteiger partial charge in [0.1, 0.15) is 6.04 Å². The maximum absolute atomic E-state index is 12.4. The predicted molar refractivity (Wildman–Crippen MR) is 105 cm³/mol. The summed E-state index contributed by atoms with van der Waals surface area (Å²) in [5, 5.41) is 2.70. The summed E-state index contributed by atoms with van der Waals surface area (Å²) < 4.78 is 5.97. The highest BCUT2D eigenvalue weighted by Gasteiger charge is 2.27. The van der Waals surface area contributed by atoms with Crippen LogP contribution in [0.3, 0.4) is 0 Å². The molecular weight excluding hydrogens is 418 g/mol. The van der Waals surface area contributed by atoms with Crippen molar-refractivity contribution in [3.05, 3.63) is 56.2 Å². The van der Waals surface area contributed by atoms with Gasteiger partial charge in [0.25, 0.3) is 5.91 Å². The average molecular weight is 438 g/mol. The molecule has 138 valence electrons. The molecule has 7 heteroatoms. The van der Waals surface area contributed by atoms with Crippen LogP contribution >= 0.6 is 27.3 Å². The zero-order valence-corrected chi connectivity index (χ0v) is 17.1. The number of hydrogen-bond acceptors (Lipinski definition) is 5. The number of carbonyl (C=O) groups is 3. The number of thiophene rings is 1. The minimum Gasteiger partial charge on any atom is -0.456 e. The van der Waals surface area contributed by atoms with Crippen LogP contribution in [0.5, 0.6) is 0 Å². The van der Waals surface area contributed by atoms with Crippen LogP contribution in [0.15, 0.2) is 40.2 Å². The lowest BCUT2D eigenvalue weighted by atomic mass is 10.0. The Labute approximate surface area is 164 Å². The Morgan fingerprint density at radius 3 is 2.50 bits per heavy atom. The van der Waals surface area contributed by atoms with Crippen molar-refractivity contribution in [1.29, 1.82) is 0 Å². The summed E-state index contributed by atoms with van der Waals surface area (Å²) in [7, 11) is 0. The van der Waals surface area contributed by atoms with E-state index in [-0.39, 0.29) is 24.2 Å². The van der Waals surface area contributed by atoms with Gasteiger partial charge in [0.15, 0.2) is 6.61 Å². The molecule has 0 aliphatic heterocycles. The molecule has 0 aliphatic rings. The maximum Gasteiger partial charge on any atom is 0.329 e. The highest BCUT2D eigenvalue weighted by molar-refractivity contribution is 9.11. The molecule has 1 atom stereocenters. The second-order valence-corrected chi connectivity index (χ2v) is 8.66. The van der Waals surface area contributed by atoms with E-state index in [9.17, 15) is 14.4 Å². The minimum atomic E-state index is -0.828. The molecule has 0 unspecified atom stereocenters. The normalized spacial score (nSPS) is 11.9. The Balaban J connectivity index is 1.98. The van der Waals surface area contributed by atoms with Crippen molar-refractivity contribution in [1.82, 2.24) is 5.32 Å². The lowest BCUT2D eigenvalue weighted by Crippen LogP contribution is -2.45. The smallest absolute Gasteiger partial charge is 0.329 e. The molecule has 1 N–H and O–H groups in total. The first-order valence-electron chi connectivity index (χ1n) is 8.10. The van der Waals surface area contributed by atoms with Crippen LogP contribution < -0.4 is 5.32 Å². The van der Waals surface area contributed by atoms with Crippen LogP contribution in [-0.4, -0.2) is 30.3 Å². The molecule has 0 fully saturated rings. The fraction of sp³-hybridized carbons (Fsp3) is 0.316. The van der Waals surface area contributed by atoms with Crippen LogP contribution in [0.1, 0.15) is 39.4 Å². The average Bonchev–Trinajstić information content (AvgIpc) is 3.03. The molecule has 0 saturated heterocycles. The van der Waals surface area contributed by atoms with E-state index < -0.39 is 12.0 Å². The van der Waals surface area contributed by atoms with Gasteiger partial charge in [-0.05, 0) is 53.0 Å². The number of aryl methyl sites for hydroxylation is 1. The largest absolute Gasteiger partial charge is 0.456 e. The Morgan fingerprint density at radius 2 is 1.92 bits per heavy atom. The molecule has 1 aromatic heterocycles. The van der Waals surface area contributed by atoms with Gasteiger partial charge < -0.3 is 10.1 Å². The second-order valence-electron chi connectivity index (χ2n) is 6.20. The summed E-state index contributed by atoms with van der Waals surface area (Å²) >= 11 is 4.57. The van der Waals surface area contributed by atoms with Crippen LogP contribution in [0.4, 0.5) is 0 Å². The number of benzene rings is 1. The molecule has 0 spiro atoms. The Morgan fingerprint density at radius 1 is 1.19 bits per heavy atom. The summed E-state index contributed by atoms with van der Waals surface area (Å²) in [5.74, 6) is -1.42. The fourth-order valence-electron chi connectivity index (χ4n) is 2.27. The highest BCUT2D eigenvalue weighted by atomic mass is 79.9. The number of ketones is 1. The number of amides is 1. The van der Waals surface area contributed by atoms with Crippen molar-refractivity contribution in [2.75, 3.05) is 6.61 Å². The van der Waals surface area contributed by atoms with Crippen molar-refractivity contribution in [3.63, 3.8) is 0 Å². The van der Waals surface area contributed by atoms with Crippen molar-refractivity contribution in [2.24, 2.45) is 5.92 Å². The van der Waals surface area contributed by atoms with Crippen molar-refractivity contribution in [3.8, 4) is 0 Å². The molecule has 0 radical (unpaired) electrons. The van der Waals surface area contributed by atoms with Crippen molar-refractivity contribution >= 4 is 44.9 Å². The van der Waals surface area contributed by atoms with E-state index in [0.717, 1.165) is 9.35 Å². The fourth-order valence-corrected chi connectivity index (χ4v) is 3.58. The standard InChI is InChI=1S/C19H20BrNO4S/c1-11(2)17(21-18(23)13-6-4-5-12(3)9-13)19(24)25-10-14(22)15-7-8-16(20)26-15/h4-9,11,17H,10H2,1-3H3,(H,21,23)/t17-/m0/s1. The Bertz CT molecular complexity index is 815. The van der Waals surface area contributed by atoms with Gasteiger partial charge in [-0.2, -0.15) is 0 Å². The first-order valence-corrected chi connectivity index (χ1v) is 9.71. The number of carbonyl (C=O) groups excluding carboxylic acids is 3. The van der Waals surface area contributed by atoms with E-state index in [1.54, 1.807) is 44.2 Å². The third-order valence-corrected chi connectivity index (χ3v) is 5.35. The summed E-state index contributed by atoms with van der Waals surface area (Å²) in [4.78, 5) is 37.3. The van der Waals surface area contributed by atoms with Crippen molar-refractivity contribution in [2.45, 2.75) is 26.8 Å². The lowest BCUT2D eigenvalue weighted by molar-refractivity contribution is -0.145. The van der Waals surface area contributed by atoms with Crippen LogP contribution in [-0.2, 0) is 9.53 Å². The molecule has 0 bridgehead atoms. The molecule has 1 amide bonds. The van der Waals surface area contributed by atoms with Crippen LogP contribution in [0.25, 0.3) is 0 Å². The van der Waals surface area contributed by atoms with E-state index in [0.29, 0.717) is 10.4 Å². The van der Waals surface area contributed by atoms with Crippen LogP contribution in [0.2, 0.25) is 0 Å². The quantitative estimate of drug-likeness (QED) is 0.524. The van der Waals surface area contributed by atoms with E-state index in [4.69, 9.17) is 4.74 Å². The van der Waals surface area contributed by atoms with E-state index in [1.807, 2.05) is 13.0 Å². The molecule has 5 nitrogen and oxygen atoms in total. The number of hydrogen-bond donors (Lipinski definition) is 1. The monoisotopic (exact) mass is 437 g/mol. The summed E-state index contributed by atoms with van der Waals surface area (Å²) in [6, 6.07) is 9.71. The molecule has 2 aromatic rings. The predicted octanol–water partition coefficient (Wildman–Crippen LogP) is 4.00. The molecule has 1 aromatic carbocycles. The molecule has 0 saturated carbocycles. The molecular formula is C19H20BrNO4S. The number of halogens is 1. The van der Waals surface area contributed by atoms with E-state index in [1.165, 1.54) is 11.3 Å². The van der Waals surface area contributed by atoms with Gasteiger partial charge in [-0.1, -0.05) is 31.5 Å². The molecule has 1 heterocycles. The zero-order valence-electron chi connectivity index (χ0n) is 14.7. The van der Waals surface area contributed by atoms with Gasteiger partial charge >= 0.3 is 5.97 Å². The third-order valence-electron chi connectivity index (χ3n) is 3.68. The van der Waals surface area contributed by atoms with Gasteiger partial charge in [0.05, 0.1) is 8.66 Å². The summed E-state index contributed by atoms with van der Waals surface area (Å²) in [6.45, 7) is 5.15. The minimum absolute atomic E-state index is 0.178. The Kier molecular flexibility index (Phi) is 7.11. The zero-order chi connectivity index (χ0) is 19.3. The van der Waals surface area contributed by atoms with Gasteiger partial charge in [-0.15, -0.1) is 11.3 Å². The number of Topliss-reactive ketones (excluding diaryl/α,β-unsaturated/α-hetero) is 1. The van der Waals surface area contributed by atoms with Gasteiger partial charge in [-0.25, -0.2) is 4.79 Å². The highest BCUT2D eigenvalue weighted by Crippen LogP contribution is 2.22. The SMILES string of the molecule is Cc1cccc(C(=O)N[C@H](C(=O)OCC(=O)c2ccc(Br)s2)C(C)C)c1. The number of rotatable bonds is 7. The Hall–Kier alpha value is -1.99. The first kappa shape index (κ1) is 20.3. The van der Waals surface area contributed by atoms with Gasteiger partial charge in [-0.3, -0.25) is 9.59 Å². The summed E-state index contributed by atoms with van der Waals surface area (Å²) in [5.41, 5.74) is 1.43. The van der Waals surface area contributed by atoms with E-state index >= 15 is 0 Å². The van der Waals surface area contributed by atoms with Gasteiger partial charge in [0, 0.05) is 5.56 Å². The first-order chi connectivity index (χ1) is 12.3. The number of ether oxygens (including phenoxy) is 1. The van der Waals surface area contributed by atoms with Gasteiger partial charge in [0.2, 0.25) is 5.78 Å². The second kappa shape index (κ2) is 9.09. The summed E-state index contributed by atoms with van der Waals surface area (Å²) in [6.07, 6.45) is 0. The van der Waals surface area contributed by atoms with E-state index in [2.05, 4.69) is 21.2 Å². The molecule has 0 aliphatic carbocycles. The lowest BCUT2D eigenvalue weighted by Gasteiger charge is -2.20. The maximum atomic E-state index is 12.4. The number of nitrogens with one attached hydrogen (secondary N) is 1. The number of esters is 1. The molecule has 2 rings (SSSR count).